The molecule has 0 amide bonds. The molecule has 0 spiro atoms. The molecular weight excluding hydrogens is 198 g/mol. The molecule has 1 heterocycles. The van der Waals surface area contributed by atoms with Crippen molar-refractivity contribution in [3.63, 3.8) is 0 Å². The van der Waals surface area contributed by atoms with Gasteiger partial charge in [0.05, 0.1) is 5.60 Å². The monoisotopic (exact) mass is 225 g/mol. The van der Waals surface area contributed by atoms with Crippen molar-refractivity contribution in [2.24, 2.45) is 11.8 Å². The summed E-state index contributed by atoms with van der Waals surface area (Å²) in [6, 6.07) is 1.41. The number of hydrogen-bond donors (Lipinski definition) is 1. The number of nitrogens with one attached hydrogen (secondary N) is 1. The van der Waals surface area contributed by atoms with Crippen LogP contribution in [0.4, 0.5) is 0 Å². The lowest BCUT2D eigenvalue weighted by Gasteiger charge is -2.38. The zero-order valence-corrected chi connectivity index (χ0v) is 11.3. The van der Waals surface area contributed by atoms with Gasteiger partial charge in [0, 0.05) is 18.7 Å². The molecule has 2 nitrogen and oxygen atoms in total. The highest BCUT2D eigenvalue weighted by molar-refractivity contribution is 4.90. The Morgan fingerprint density at radius 2 is 1.88 bits per heavy atom. The van der Waals surface area contributed by atoms with Crippen LogP contribution in [0.5, 0.6) is 0 Å². The van der Waals surface area contributed by atoms with E-state index in [1.807, 2.05) is 0 Å². The Balaban J connectivity index is 1.85. The molecule has 1 saturated heterocycles. The predicted molar refractivity (Wildman–Crippen MR) is 67.5 cm³/mol. The summed E-state index contributed by atoms with van der Waals surface area (Å²) in [5.41, 5.74) is 0.0728. The van der Waals surface area contributed by atoms with Crippen LogP contribution in [0.25, 0.3) is 0 Å². The molecule has 4 unspecified atom stereocenters. The van der Waals surface area contributed by atoms with Gasteiger partial charge in [-0.3, -0.25) is 0 Å². The highest BCUT2D eigenvalue weighted by atomic mass is 16.5. The van der Waals surface area contributed by atoms with Gasteiger partial charge in [0.15, 0.2) is 0 Å². The molecule has 0 aromatic carbocycles. The third kappa shape index (κ3) is 2.78. The first-order chi connectivity index (χ1) is 7.48. The van der Waals surface area contributed by atoms with E-state index >= 15 is 0 Å². The number of ether oxygens (including phenoxy) is 1. The lowest BCUT2D eigenvalue weighted by molar-refractivity contribution is -0.0646. The molecule has 0 aromatic heterocycles. The molecule has 1 aliphatic carbocycles. The molecule has 1 aliphatic heterocycles. The van der Waals surface area contributed by atoms with E-state index in [1.54, 1.807) is 0 Å². The highest BCUT2D eigenvalue weighted by Gasteiger charge is 2.34. The molecule has 2 aliphatic rings. The molecule has 16 heavy (non-hydrogen) atoms. The summed E-state index contributed by atoms with van der Waals surface area (Å²) in [5, 5.41) is 3.87. The van der Waals surface area contributed by atoms with Crippen LogP contribution in [-0.4, -0.2) is 24.3 Å². The zero-order chi connectivity index (χ0) is 11.8. The van der Waals surface area contributed by atoms with Gasteiger partial charge in [0.1, 0.15) is 0 Å². The maximum Gasteiger partial charge on any atom is 0.0641 e. The fraction of sp³-hybridized carbons (Fsp3) is 1.00. The summed E-state index contributed by atoms with van der Waals surface area (Å²) in [4.78, 5) is 0. The van der Waals surface area contributed by atoms with Gasteiger partial charge in [0.2, 0.25) is 0 Å². The topological polar surface area (TPSA) is 21.3 Å². The average Bonchev–Trinajstić information content (AvgIpc) is 2.48. The predicted octanol–water partition coefficient (Wildman–Crippen LogP) is 2.97. The SMILES string of the molecule is CC1CCC(NC2CCOC(C)(C)C2)C1C. The van der Waals surface area contributed by atoms with E-state index in [4.69, 9.17) is 4.74 Å². The Morgan fingerprint density at radius 3 is 2.44 bits per heavy atom. The molecular formula is C14H27NO. The Labute approximate surface area is 100 Å². The van der Waals surface area contributed by atoms with Crippen LogP contribution in [0.1, 0.15) is 53.4 Å². The van der Waals surface area contributed by atoms with Crippen LogP contribution in [0.3, 0.4) is 0 Å². The second kappa shape index (κ2) is 4.66. The lowest BCUT2D eigenvalue weighted by Crippen LogP contribution is -2.48. The van der Waals surface area contributed by atoms with Gasteiger partial charge < -0.3 is 10.1 Å². The summed E-state index contributed by atoms with van der Waals surface area (Å²) < 4.78 is 5.77. The molecule has 2 rings (SSSR count). The molecule has 4 atom stereocenters. The van der Waals surface area contributed by atoms with E-state index in [-0.39, 0.29) is 5.60 Å². The molecule has 2 heteroatoms. The maximum atomic E-state index is 5.77. The van der Waals surface area contributed by atoms with E-state index in [0.29, 0.717) is 6.04 Å². The highest BCUT2D eigenvalue weighted by Crippen LogP contribution is 2.33. The van der Waals surface area contributed by atoms with E-state index in [1.165, 1.54) is 19.3 Å². The quantitative estimate of drug-likeness (QED) is 0.780. The Morgan fingerprint density at radius 1 is 1.12 bits per heavy atom. The second-order valence-corrected chi connectivity index (χ2v) is 6.48. The van der Waals surface area contributed by atoms with Crippen molar-refractivity contribution in [2.45, 2.75) is 71.1 Å². The smallest absolute Gasteiger partial charge is 0.0641 e. The van der Waals surface area contributed by atoms with Gasteiger partial charge in [-0.25, -0.2) is 0 Å². The van der Waals surface area contributed by atoms with E-state index < -0.39 is 0 Å². The molecule has 2 fully saturated rings. The summed E-state index contributed by atoms with van der Waals surface area (Å²) >= 11 is 0. The lowest BCUT2D eigenvalue weighted by atomic mass is 9.91. The van der Waals surface area contributed by atoms with Crippen LogP contribution >= 0.6 is 0 Å². The first kappa shape index (κ1) is 12.4. The molecule has 0 aromatic rings. The summed E-state index contributed by atoms with van der Waals surface area (Å²) in [7, 11) is 0. The normalized spacial score (nSPS) is 43.5. The fourth-order valence-corrected chi connectivity index (χ4v) is 3.28. The van der Waals surface area contributed by atoms with Crippen LogP contribution in [0.2, 0.25) is 0 Å². The standard InChI is InChI=1S/C14H27NO/c1-10-5-6-13(11(10)2)15-12-7-8-16-14(3,4)9-12/h10-13,15H,5-9H2,1-4H3. The molecule has 0 bridgehead atoms. The van der Waals surface area contributed by atoms with Crippen LogP contribution in [0.15, 0.2) is 0 Å². The van der Waals surface area contributed by atoms with Gasteiger partial charge in [-0.15, -0.1) is 0 Å². The Hall–Kier alpha value is -0.0800. The van der Waals surface area contributed by atoms with Crippen LogP contribution in [0, 0.1) is 11.8 Å². The van der Waals surface area contributed by atoms with Gasteiger partial charge in [-0.2, -0.15) is 0 Å². The van der Waals surface area contributed by atoms with Crippen LogP contribution in [-0.2, 0) is 4.74 Å². The minimum Gasteiger partial charge on any atom is -0.375 e. The van der Waals surface area contributed by atoms with Crippen molar-refractivity contribution in [1.82, 2.24) is 5.32 Å². The van der Waals surface area contributed by atoms with Crippen LogP contribution < -0.4 is 5.32 Å². The minimum atomic E-state index is 0.0728. The molecule has 1 N–H and O–H groups in total. The van der Waals surface area contributed by atoms with Crippen molar-refractivity contribution in [2.75, 3.05) is 6.61 Å². The Kier molecular flexibility index (Phi) is 3.60. The minimum absolute atomic E-state index is 0.0728. The molecule has 1 saturated carbocycles. The third-order valence-electron chi connectivity index (χ3n) is 4.61. The molecule has 0 radical (unpaired) electrons. The summed E-state index contributed by atoms with van der Waals surface area (Å²) in [5.74, 6) is 1.73. The first-order valence-electron chi connectivity index (χ1n) is 6.88. The van der Waals surface area contributed by atoms with E-state index in [0.717, 1.165) is 30.9 Å². The zero-order valence-electron chi connectivity index (χ0n) is 11.3. The largest absolute Gasteiger partial charge is 0.375 e. The first-order valence-corrected chi connectivity index (χ1v) is 6.88. The van der Waals surface area contributed by atoms with Gasteiger partial charge in [-0.1, -0.05) is 13.8 Å². The van der Waals surface area contributed by atoms with E-state index in [9.17, 15) is 0 Å². The van der Waals surface area contributed by atoms with Gasteiger partial charge >= 0.3 is 0 Å². The fourth-order valence-electron chi connectivity index (χ4n) is 3.28. The van der Waals surface area contributed by atoms with Crippen molar-refractivity contribution < 1.29 is 4.74 Å². The number of hydrogen-bond acceptors (Lipinski definition) is 2. The third-order valence-corrected chi connectivity index (χ3v) is 4.61. The van der Waals surface area contributed by atoms with Crippen molar-refractivity contribution >= 4 is 0 Å². The summed E-state index contributed by atoms with van der Waals surface area (Å²) in [6.07, 6.45) is 5.09. The second-order valence-electron chi connectivity index (χ2n) is 6.48. The Bertz CT molecular complexity index is 239. The van der Waals surface area contributed by atoms with Crippen molar-refractivity contribution in [3.05, 3.63) is 0 Å². The number of rotatable bonds is 2. The van der Waals surface area contributed by atoms with Gasteiger partial charge in [-0.05, 0) is 51.4 Å². The van der Waals surface area contributed by atoms with Crippen molar-refractivity contribution in [1.29, 1.82) is 0 Å². The van der Waals surface area contributed by atoms with Crippen molar-refractivity contribution in [3.8, 4) is 0 Å². The average molecular weight is 225 g/mol. The maximum absolute atomic E-state index is 5.77. The molecule has 94 valence electrons. The van der Waals surface area contributed by atoms with E-state index in [2.05, 4.69) is 33.0 Å². The van der Waals surface area contributed by atoms with Gasteiger partial charge in [0.25, 0.3) is 0 Å². The summed E-state index contributed by atoms with van der Waals surface area (Å²) in [6.45, 7) is 10.1.